The van der Waals surface area contributed by atoms with E-state index in [9.17, 15) is 0 Å². The summed E-state index contributed by atoms with van der Waals surface area (Å²) < 4.78 is 5.42. The predicted octanol–water partition coefficient (Wildman–Crippen LogP) is 4.86. The lowest BCUT2D eigenvalue weighted by molar-refractivity contribution is 0.340. The second-order valence-electron chi connectivity index (χ2n) is 5.35. The van der Waals surface area contributed by atoms with Crippen LogP contribution in [0.4, 0.5) is 5.69 Å². The van der Waals surface area contributed by atoms with Crippen molar-refractivity contribution in [2.24, 2.45) is 0 Å². The molecule has 0 aliphatic carbocycles. The average Bonchev–Trinajstić information content (AvgIpc) is 2.58. The van der Waals surface area contributed by atoms with Gasteiger partial charge in [0.15, 0.2) is 5.11 Å². The van der Waals surface area contributed by atoms with Crippen molar-refractivity contribution in [2.75, 3.05) is 24.2 Å². The van der Waals surface area contributed by atoms with Gasteiger partial charge in [0.2, 0.25) is 0 Å². The Kier molecular flexibility index (Phi) is 7.92. The van der Waals surface area contributed by atoms with E-state index in [4.69, 9.17) is 17.0 Å². The molecular formula is C19H24N2OS2. The summed E-state index contributed by atoms with van der Waals surface area (Å²) >= 11 is 7.19. The largest absolute Gasteiger partial charge is 0.494 e. The highest BCUT2D eigenvalue weighted by Gasteiger charge is 1.99. The van der Waals surface area contributed by atoms with Gasteiger partial charge in [-0.15, -0.1) is 11.8 Å². The summed E-state index contributed by atoms with van der Waals surface area (Å²) in [6.45, 7) is 5.62. The van der Waals surface area contributed by atoms with Gasteiger partial charge in [0, 0.05) is 17.1 Å². The van der Waals surface area contributed by atoms with Gasteiger partial charge in [-0.1, -0.05) is 17.7 Å². The number of anilines is 1. The SMILES string of the molecule is CCOc1ccc(NC(=S)NCCCSc2ccc(C)cc2)cc1. The van der Waals surface area contributed by atoms with Crippen molar-refractivity contribution < 1.29 is 4.74 Å². The molecule has 2 aromatic carbocycles. The lowest BCUT2D eigenvalue weighted by Crippen LogP contribution is -2.29. The van der Waals surface area contributed by atoms with Crippen LogP contribution in [0.5, 0.6) is 5.75 Å². The summed E-state index contributed by atoms with van der Waals surface area (Å²) in [6, 6.07) is 16.4. The number of ether oxygens (including phenoxy) is 1. The van der Waals surface area contributed by atoms with Crippen molar-refractivity contribution in [1.82, 2.24) is 5.32 Å². The van der Waals surface area contributed by atoms with Crippen LogP contribution in [0.2, 0.25) is 0 Å². The van der Waals surface area contributed by atoms with Crippen LogP contribution < -0.4 is 15.4 Å². The molecule has 128 valence electrons. The van der Waals surface area contributed by atoms with Crippen LogP contribution in [0.1, 0.15) is 18.9 Å². The molecule has 0 heterocycles. The average molecular weight is 361 g/mol. The second kappa shape index (κ2) is 10.2. The van der Waals surface area contributed by atoms with Crippen molar-refractivity contribution in [3.05, 3.63) is 54.1 Å². The highest BCUT2D eigenvalue weighted by Crippen LogP contribution is 2.19. The van der Waals surface area contributed by atoms with E-state index in [1.165, 1.54) is 10.5 Å². The fourth-order valence-corrected chi connectivity index (χ4v) is 3.15. The molecule has 0 unspecified atom stereocenters. The highest BCUT2D eigenvalue weighted by molar-refractivity contribution is 7.99. The number of thioether (sulfide) groups is 1. The molecule has 0 aromatic heterocycles. The molecule has 0 radical (unpaired) electrons. The van der Waals surface area contributed by atoms with Gasteiger partial charge in [0.25, 0.3) is 0 Å². The number of thiocarbonyl (C=S) groups is 1. The van der Waals surface area contributed by atoms with Gasteiger partial charge in [-0.05, 0) is 74.6 Å². The number of aryl methyl sites for hydroxylation is 1. The van der Waals surface area contributed by atoms with Crippen molar-refractivity contribution in [3.8, 4) is 5.75 Å². The minimum absolute atomic E-state index is 0.652. The molecule has 0 saturated heterocycles. The quantitative estimate of drug-likeness (QED) is 0.399. The summed E-state index contributed by atoms with van der Waals surface area (Å²) in [5.41, 5.74) is 2.26. The van der Waals surface area contributed by atoms with Crippen LogP contribution in [0.15, 0.2) is 53.4 Å². The molecule has 0 atom stereocenters. The Hall–Kier alpha value is -1.72. The fourth-order valence-electron chi connectivity index (χ4n) is 2.08. The van der Waals surface area contributed by atoms with E-state index in [1.54, 1.807) is 0 Å². The third-order valence-electron chi connectivity index (χ3n) is 3.32. The van der Waals surface area contributed by atoms with E-state index < -0.39 is 0 Å². The zero-order valence-corrected chi connectivity index (χ0v) is 15.8. The minimum Gasteiger partial charge on any atom is -0.494 e. The first kappa shape index (κ1) is 18.6. The van der Waals surface area contributed by atoms with Gasteiger partial charge >= 0.3 is 0 Å². The Morgan fingerprint density at radius 2 is 1.79 bits per heavy atom. The van der Waals surface area contributed by atoms with Crippen LogP contribution in [0.25, 0.3) is 0 Å². The van der Waals surface area contributed by atoms with E-state index >= 15 is 0 Å². The molecule has 0 aliphatic heterocycles. The third-order valence-corrected chi connectivity index (χ3v) is 4.66. The van der Waals surface area contributed by atoms with Crippen molar-refractivity contribution in [2.45, 2.75) is 25.2 Å². The molecule has 0 saturated carbocycles. The Morgan fingerprint density at radius 3 is 2.46 bits per heavy atom. The molecule has 0 fully saturated rings. The monoisotopic (exact) mass is 360 g/mol. The zero-order chi connectivity index (χ0) is 17.2. The normalized spacial score (nSPS) is 10.2. The number of benzene rings is 2. The van der Waals surface area contributed by atoms with E-state index in [0.717, 1.165) is 30.2 Å². The number of hydrogen-bond donors (Lipinski definition) is 2. The number of hydrogen-bond acceptors (Lipinski definition) is 3. The lowest BCUT2D eigenvalue weighted by atomic mass is 10.2. The summed E-state index contributed by atoms with van der Waals surface area (Å²) in [5, 5.41) is 7.08. The Morgan fingerprint density at radius 1 is 1.08 bits per heavy atom. The maximum atomic E-state index is 5.42. The molecule has 2 rings (SSSR count). The number of nitrogens with one attached hydrogen (secondary N) is 2. The van der Waals surface area contributed by atoms with Crippen molar-refractivity contribution in [1.29, 1.82) is 0 Å². The number of rotatable bonds is 8. The molecular weight excluding hydrogens is 336 g/mol. The summed E-state index contributed by atoms with van der Waals surface area (Å²) in [6.07, 6.45) is 1.06. The van der Waals surface area contributed by atoms with E-state index in [2.05, 4.69) is 41.8 Å². The highest BCUT2D eigenvalue weighted by atomic mass is 32.2. The molecule has 5 heteroatoms. The molecule has 0 bridgehead atoms. The molecule has 0 amide bonds. The fraction of sp³-hybridized carbons (Fsp3) is 0.316. The van der Waals surface area contributed by atoms with E-state index in [-0.39, 0.29) is 0 Å². The van der Waals surface area contributed by atoms with Gasteiger partial charge in [-0.3, -0.25) is 0 Å². The van der Waals surface area contributed by atoms with Crippen LogP contribution in [-0.4, -0.2) is 24.0 Å². The summed E-state index contributed by atoms with van der Waals surface area (Å²) in [7, 11) is 0. The summed E-state index contributed by atoms with van der Waals surface area (Å²) in [5.74, 6) is 1.94. The molecule has 0 aliphatic rings. The lowest BCUT2D eigenvalue weighted by Gasteiger charge is -2.11. The third kappa shape index (κ3) is 6.81. The zero-order valence-electron chi connectivity index (χ0n) is 14.2. The van der Waals surface area contributed by atoms with Gasteiger partial charge < -0.3 is 15.4 Å². The molecule has 2 aromatic rings. The molecule has 3 nitrogen and oxygen atoms in total. The Labute approximate surface area is 154 Å². The summed E-state index contributed by atoms with van der Waals surface area (Å²) in [4.78, 5) is 1.32. The maximum Gasteiger partial charge on any atom is 0.170 e. The maximum absolute atomic E-state index is 5.42. The smallest absolute Gasteiger partial charge is 0.170 e. The minimum atomic E-state index is 0.652. The first-order chi connectivity index (χ1) is 11.7. The first-order valence-corrected chi connectivity index (χ1v) is 9.54. The Bertz CT molecular complexity index is 627. The van der Waals surface area contributed by atoms with Gasteiger partial charge in [-0.2, -0.15) is 0 Å². The van der Waals surface area contributed by atoms with E-state index in [0.29, 0.717) is 11.7 Å². The van der Waals surface area contributed by atoms with Crippen LogP contribution >= 0.6 is 24.0 Å². The topological polar surface area (TPSA) is 33.3 Å². The second-order valence-corrected chi connectivity index (χ2v) is 6.93. The molecule has 0 spiro atoms. The van der Waals surface area contributed by atoms with Crippen LogP contribution in [-0.2, 0) is 0 Å². The van der Waals surface area contributed by atoms with Gasteiger partial charge in [0.05, 0.1) is 6.61 Å². The Balaban J connectivity index is 1.61. The van der Waals surface area contributed by atoms with Crippen LogP contribution in [0, 0.1) is 6.92 Å². The van der Waals surface area contributed by atoms with Crippen LogP contribution in [0.3, 0.4) is 0 Å². The molecule has 24 heavy (non-hydrogen) atoms. The standard InChI is InChI=1S/C19H24N2OS2/c1-3-22-17-9-7-16(8-10-17)21-19(23)20-13-4-14-24-18-11-5-15(2)6-12-18/h5-12H,3-4,13-14H2,1-2H3,(H2,20,21,23). The van der Waals surface area contributed by atoms with E-state index in [1.807, 2.05) is 43.0 Å². The van der Waals surface area contributed by atoms with Gasteiger partial charge in [0.1, 0.15) is 5.75 Å². The molecule has 2 N–H and O–H groups in total. The van der Waals surface area contributed by atoms with Crippen molar-refractivity contribution >= 4 is 34.8 Å². The predicted molar refractivity (Wildman–Crippen MR) is 108 cm³/mol. The van der Waals surface area contributed by atoms with Gasteiger partial charge in [-0.25, -0.2) is 0 Å². The first-order valence-electron chi connectivity index (χ1n) is 8.14. The van der Waals surface area contributed by atoms with Crippen molar-refractivity contribution in [3.63, 3.8) is 0 Å².